The summed E-state index contributed by atoms with van der Waals surface area (Å²) in [4.78, 5) is 0. The molecule has 1 heterocycles. The van der Waals surface area contributed by atoms with Gasteiger partial charge in [-0.05, 0) is 6.66 Å². The van der Waals surface area contributed by atoms with E-state index in [0.29, 0.717) is 15.5 Å². The van der Waals surface area contributed by atoms with Crippen molar-refractivity contribution in [3.63, 3.8) is 0 Å². The van der Waals surface area contributed by atoms with E-state index in [1.54, 1.807) is 8.05 Å². The van der Waals surface area contributed by atoms with Gasteiger partial charge in [0.2, 0.25) is 0 Å². The van der Waals surface area contributed by atoms with Crippen molar-refractivity contribution >= 4 is 25.5 Å². The first-order valence-corrected chi connectivity index (χ1v) is 6.69. The van der Waals surface area contributed by atoms with Gasteiger partial charge in [-0.1, -0.05) is 7.36 Å². The Morgan fingerprint density at radius 2 is 2.70 bits per heavy atom. The highest BCUT2D eigenvalue weighted by Gasteiger charge is 2.19. The van der Waals surface area contributed by atoms with Crippen LogP contribution in [0.2, 0.25) is 0 Å². The Labute approximate surface area is 66.5 Å². The summed E-state index contributed by atoms with van der Waals surface area (Å²) in [6.07, 6.45) is 0. The zero-order valence-corrected chi connectivity index (χ0v) is 8.08. The van der Waals surface area contributed by atoms with Crippen LogP contribution in [-0.2, 0) is 19.5 Å². The second kappa shape index (κ2) is 4.50. The Morgan fingerprint density at radius 1 is 1.90 bits per heavy atom. The van der Waals surface area contributed by atoms with Crippen LogP contribution >= 0.6 is 7.36 Å². The Kier molecular flexibility index (Phi) is 3.93. The standard InChI is InChI=1S/C5H12BO2PS/c1-9-10-3-2-7-5(10)4-8-6/h5H,2-4,6H2,1H3. The van der Waals surface area contributed by atoms with E-state index in [-0.39, 0.29) is 0 Å². The van der Waals surface area contributed by atoms with Gasteiger partial charge in [0.25, 0.3) is 8.05 Å². The predicted molar refractivity (Wildman–Crippen MR) is 49.3 cm³/mol. The number of hydrogen-bond donors (Lipinski definition) is 0. The molecule has 2 atom stereocenters. The fourth-order valence-corrected chi connectivity index (χ4v) is 4.28. The quantitative estimate of drug-likeness (QED) is 0.438. The summed E-state index contributed by atoms with van der Waals surface area (Å²) in [5.74, 6) is 1.23. The summed E-state index contributed by atoms with van der Waals surface area (Å²) in [6, 6.07) is 0. The van der Waals surface area contributed by atoms with Crippen LogP contribution in [0.25, 0.3) is 0 Å². The SMILES string of the molecule is BOCC1OCCS1=PC. The van der Waals surface area contributed by atoms with Crippen LogP contribution in [0.15, 0.2) is 0 Å². The highest BCUT2D eigenvalue weighted by Crippen LogP contribution is 2.16. The highest BCUT2D eigenvalue weighted by atomic mass is 32.5. The summed E-state index contributed by atoms with van der Waals surface area (Å²) in [6.45, 7) is 3.89. The minimum atomic E-state index is 0.386. The molecule has 0 saturated carbocycles. The van der Waals surface area contributed by atoms with E-state index < -0.39 is 0 Å². The lowest BCUT2D eigenvalue weighted by molar-refractivity contribution is 0.104. The van der Waals surface area contributed by atoms with Crippen molar-refractivity contribution in [1.82, 2.24) is 0 Å². The molecule has 0 radical (unpaired) electrons. The van der Waals surface area contributed by atoms with E-state index in [0.717, 1.165) is 13.2 Å². The second-order valence-electron chi connectivity index (χ2n) is 2.04. The number of hydrogen-bond acceptors (Lipinski definition) is 2. The van der Waals surface area contributed by atoms with Crippen LogP contribution in [0.3, 0.4) is 0 Å². The van der Waals surface area contributed by atoms with Crippen LogP contribution in [0.1, 0.15) is 0 Å². The number of ether oxygens (including phenoxy) is 1. The molecule has 0 aromatic carbocycles. The van der Waals surface area contributed by atoms with E-state index in [1.165, 1.54) is 13.1 Å². The van der Waals surface area contributed by atoms with Gasteiger partial charge in [0, 0.05) is 5.75 Å². The fraction of sp³-hybridized carbons (Fsp3) is 1.00. The average Bonchev–Trinajstić information content (AvgIpc) is 2.36. The van der Waals surface area contributed by atoms with Gasteiger partial charge in [-0.2, -0.15) is 0 Å². The first-order chi connectivity index (χ1) is 4.88. The van der Waals surface area contributed by atoms with E-state index in [9.17, 15) is 0 Å². The van der Waals surface area contributed by atoms with Crippen molar-refractivity contribution < 1.29 is 9.39 Å². The maximum absolute atomic E-state index is 5.48. The molecular weight excluding hydrogens is 166 g/mol. The Balaban J connectivity index is 2.42. The third kappa shape index (κ3) is 2.06. The van der Waals surface area contributed by atoms with Crippen molar-refractivity contribution in [2.24, 2.45) is 0 Å². The molecule has 0 aliphatic carbocycles. The molecule has 0 bridgehead atoms. The summed E-state index contributed by atoms with van der Waals surface area (Å²) in [5.41, 5.74) is 0.386. The van der Waals surface area contributed by atoms with Gasteiger partial charge in [-0.3, -0.25) is 0 Å². The first kappa shape index (κ1) is 8.73. The largest absolute Gasteiger partial charge is 0.440 e. The fourth-order valence-electron chi connectivity index (χ4n) is 0.947. The van der Waals surface area contributed by atoms with Crippen molar-refractivity contribution in [3.8, 4) is 0 Å². The van der Waals surface area contributed by atoms with E-state index in [2.05, 4.69) is 6.66 Å². The first-order valence-electron chi connectivity index (χ1n) is 3.28. The molecule has 1 saturated heterocycles. The van der Waals surface area contributed by atoms with Crippen LogP contribution in [-0.4, -0.2) is 39.1 Å². The molecule has 58 valence electrons. The Morgan fingerprint density at radius 3 is 3.30 bits per heavy atom. The van der Waals surface area contributed by atoms with E-state index in [4.69, 9.17) is 9.39 Å². The molecule has 1 aliphatic rings. The topological polar surface area (TPSA) is 18.5 Å². The van der Waals surface area contributed by atoms with Gasteiger partial charge in [0.15, 0.2) is 0 Å². The van der Waals surface area contributed by atoms with Crippen LogP contribution < -0.4 is 0 Å². The van der Waals surface area contributed by atoms with Crippen LogP contribution in [0.5, 0.6) is 0 Å². The predicted octanol–water partition coefficient (Wildman–Crippen LogP) is 0.0167. The monoisotopic (exact) mass is 178 g/mol. The minimum absolute atomic E-state index is 0.386. The Hall–Kier alpha value is 0.635. The second-order valence-corrected chi connectivity index (χ2v) is 6.65. The van der Waals surface area contributed by atoms with Gasteiger partial charge < -0.3 is 9.39 Å². The molecule has 0 aromatic heterocycles. The van der Waals surface area contributed by atoms with E-state index >= 15 is 0 Å². The minimum Gasteiger partial charge on any atom is -0.440 e. The molecule has 0 N–H and O–H groups in total. The molecule has 2 nitrogen and oxygen atoms in total. The third-order valence-corrected chi connectivity index (χ3v) is 6.03. The maximum atomic E-state index is 5.48. The maximum Gasteiger partial charge on any atom is 0.257 e. The molecular formula is C5H12BO2PS. The third-order valence-electron chi connectivity index (χ3n) is 1.44. The molecule has 0 spiro atoms. The van der Waals surface area contributed by atoms with Crippen molar-refractivity contribution in [1.29, 1.82) is 0 Å². The molecule has 0 amide bonds. The molecule has 1 rings (SSSR count). The molecule has 1 fully saturated rings. The molecule has 5 heteroatoms. The van der Waals surface area contributed by atoms with Crippen molar-refractivity contribution in [2.45, 2.75) is 5.44 Å². The normalized spacial score (nSPS) is 33.3. The van der Waals surface area contributed by atoms with Crippen LogP contribution in [0, 0.1) is 0 Å². The zero-order chi connectivity index (χ0) is 7.40. The Bertz CT molecular complexity index is 142. The highest BCUT2D eigenvalue weighted by molar-refractivity contribution is 8.21. The summed E-state index contributed by atoms with van der Waals surface area (Å²) >= 11 is 0. The van der Waals surface area contributed by atoms with Gasteiger partial charge in [0.1, 0.15) is 5.44 Å². The lowest BCUT2D eigenvalue weighted by atomic mass is 10.6. The molecule has 0 aromatic rings. The van der Waals surface area contributed by atoms with Crippen molar-refractivity contribution in [2.75, 3.05) is 25.6 Å². The smallest absolute Gasteiger partial charge is 0.257 e. The van der Waals surface area contributed by atoms with Gasteiger partial charge in [0.05, 0.1) is 13.2 Å². The van der Waals surface area contributed by atoms with Gasteiger partial charge >= 0.3 is 0 Å². The molecule has 10 heavy (non-hydrogen) atoms. The lowest BCUT2D eigenvalue weighted by Crippen LogP contribution is -2.16. The van der Waals surface area contributed by atoms with Crippen LogP contribution in [0.4, 0.5) is 0 Å². The lowest BCUT2D eigenvalue weighted by Gasteiger charge is -2.09. The molecule has 2 unspecified atom stereocenters. The average molecular weight is 178 g/mol. The van der Waals surface area contributed by atoms with Crippen molar-refractivity contribution in [3.05, 3.63) is 0 Å². The van der Waals surface area contributed by atoms with Gasteiger partial charge in [-0.15, -0.1) is 10.1 Å². The molecule has 1 aliphatic heterocycles. The summed E-state index contributed by atoms with van der Waals surface area (Å²) in [7, 11) is 3.65. The zero-order valence-electron chi connectivity index (χ0n) is 6.37. The van der Waals surface area contributed by atoms with E-state index in [1.807, 2.05) is 0 Å². The van der Waals surface area contributed by atoms with Gasteiger partial charge in [-0.25, -0.2) is 0 Å². The summed E-state index contributed by atoms with van der Waals surface area (Å²) in [5, 5.41) is 0. The number of rotatable bonds is 2. The summed E-state index contributed by atoms with van der Waals surface area (Å²) < 4.78 is 10.5.